The molecule has 1 heterocycles. The third-order valence-electron chi connectivity index (χ3n) is 3.66. The number of amides is 1. The highest BCUT2D eigenvalue weighted by molar-refractivity contribution is 5.71. The Labute approximate surface area is 99.9 Å². The Balaban J connectivity index is 1.91. The van der Waals surface area contributed by atoms with Crippen LogP contribution in [0.1, 0.15) is 17.5 Å². The van der Waals surface area contributed by atoms with Gasteiger partial charge in [0.25, 0.3) is 0 Å². The minimum atomic E-state index is -0.295. The predicted octanol–water partition coefficient (Wildman–Crippen LogP) is 1.66. The first-order valence-corrected chi connectivity index (χ1v) is 5.82. The van der Waals surface area contributed by atoms with E-state index in [4.69, 9.17) is 9.47 Å². The largest absolute Gasteiger partial charge is 0.497 e. The first kappa shape index (κ1) is 10.4. The van der Waals surface area contributed by atoms with Gasteiger partial charge in [0.1, 0.15) is 12.4 Å². The van der Waals surface area contributed by atoms with E-state index in [1.54, 1.807) is 7.11 Å². The Hall–Kier alpha value is -1.71. The molecular weight excluding hydrogens is 218 g/mol. The first-order valence-electron chi connectivity index (χ1n) is 5.82. The summed E-state index contributed by atoms with van der Waals surface area (Å²) in [6.07, 6.45) is 2.45. The van der Waals surface area contributed by atoms with Crippen molar-refractivity contribution in [3.8, 4) is 5.75 Å². The first-order chi connectivity index (χ1) is 8.21. The summed E-state index contributed by atoms with van der Waals surface area (Å²) >= 11 is 0. The average Bonchev–Trinajstić information content (AvgIpc) is 2.69. The van der Waals surface area contributed by atoms with E-state index in [-0.39, 0.29) is 11.6 Å². The molecule has 90 valence electrons. The average molecular weight is 233 g/mol. The van der Waals surface area contributed by atoms with Crippen molar-refractivity contribution in [1.29, 1.82) is 0 Å². The zero-order valence-electron chi connectivity index (χ0n) is 9.79. The second kappa shape index (κ2) is 3.65. The second-order valence-corrected chi connectivity index (χ2v) is 4.79. The fourth-order valence-corrected chi connectivity index (χ4v) is 2.69. The molecular formula is C13H15NO3. The molecule has 1 N–H and O–H groups in total. The molecule has 0 aromatic heterocycles. The van der Waals surface area contributed by atoms with E-state index in [1.807, 2.05) is 6.07 Å². The predicted molar refractivity (Wildman–Crippen MR) is 62.2 cm³/mol. The maximum Gasteiger partial charge on any atom is 0.407 e. The minimum absolute atomic E-state index is 0.198. The molecule has 1 unspecified atom stereocenters. The number of ether oxygens (including phenoxy) is 2. The van der Waals surface area contributed by atoms with Crippen LogP contribution >= 0.6 is 0 Å². The molecule has 1 atom stereocenters. The lowest BCUT2D eigenvalue weighted by Crippen LogP contribution is -2.48. The van der Waals surface area contributed by atoms with Gasteiger partial charge in [-0.2, -0.15) is 0 Å². The maximum atomic E-state index is 11.2. The number of alkyl carbamates (subject to hydrolysis) is 1. The summed E-state index contributed by atoms with van der Waals surface area (Å²) in [5.41, 5.74) is 2.40. The van der Waals surface area contributed by atoms with Crippen LogP contribution in [0.3, 0.4) is 0 Å². The van der Waals surface area contributed by atoms with Crippen LogP contribution in [0, 0.1) is 0 Å². The summed E-state index contributed by atoms with van der Waals surface area (Å²) in [5.74, 6) is 0.867. The summed E-state index contributed by atoms with van der Waals surface area (Å²) in [5, 5.41) is 2.95. The van der Waals surface area contributed by atoms with Crippen molar-refractivity contribution in [3.05, 3.63) is 29.3 Å². The van der Waals surface area contributed by atoms with Gasteiger partial charge in [0, 0.05) is 0 Å². The number of methoxy groups -OCH3 is 1. The number of aryl methyl sites for hydroxylation is 1. The van der Waals surface area contributed by atoms with E-state index in [1.165, 1.54) is 11.1 Å². The van der Waals surface area contributed by atoms with Crippen LogP contribution < -0.4 is 10.1 Å². The van der Waals surface area contributed by atoms with Crippen molar-refractivity contribution >= 4 is 6.09 Å². The van der Waals surface area contributed by atoms with Crippen LogP contribution in [0.4, 0.5) is 4.79 Å². The van der Waals surface area contributed by atoms with Crippen LogP contribution in [-0.4, -0.2) is 25.3 Å². The Bertz CT molecular complexity index is 472. The molecule has 3 rings (SSSR count). The highest BCUT2D eigenvalue weighted by Crippen LogP contribution is 2.33. The fourth-order valence-electron chi connectivity index (χ4n) is 2.69. The number of cyclic esters (lactones) is 1. The number of hydrogen-bond donors (Lipinski definition) is 1. The molecule has 1 fully saturated rings. The van der Waals surface area contributed by atoms with Crippen LogP contribution in [-0.2, 0) is 17.6 Å². The molecule has 1 aromatic rings. The fraction of sp³-hybridized carbons (Fsp3) is 0.462. The van der Waals surface area contributed by atoms with Gasteiger partial charge in [-0.15, -0.1) is 0 Å². The van der Waals surface area contributed by atoms with Gasteiger partial charge in [-0.25, -0.2) is 4.79 Å². The zero-order valence-corrected chi connectivity index (χ0v) is 9.79. The molecule has 0 radical (unpaired) electrons. The van der Waals surface area contributed by atoms with Crippen LogP contribution in [0.2, 0.25) is 0 Å². The molecule has 1 aliphatic heterocycles. The van der Waals surface area contributed by atoms with Gasteiger partial charge < -0.3 is 14.8 Å². The highest BCUT2D eigenvalue weighted by Gasteiger charge is 2.41. The maximum absolute atomic E-state index is 11.2. The molecule has 2 aliphatic rings. The number of hydrogen-bond acceptors (Lipinski definition) is 3. The van der Waals surface area contributed by atoms with Gasteiger partial charge in [-0.3, -0.25) is 0 Å². The molecule has 1 spiro atoms. The Morgan fingerprint density at radius 3 is 3.00 bits per heavy atom. The van der Waals surface area contributed by atoms with Gasteiger partial charge in [0.2, 0.25) is 0 Å². The van der Waals surface area contributed by atoms with E-state index in [0.29, 0.717) is 6.61 Å². The topological polar surface area (TPSA) is 47.6 Å². The number of rotatable bonds is 1. The summed E-state index contributed by atoms with van der Waals surface area (Å²) < 4.78 is 10.3. The lowest BCUT2D eigenvalue weighted by atomic mass is 9.79. The SMILES string of the molecule is COc1ccc2c(c1)CC1(CC2)COC(=O)N1. The number of carbonyl (C=O) groups is 1. The number of fused-ring (bicyclic) bond motifs is 1. The van der Waals surface area contributed by atoms with Gasteiger partial charge in [0.05, 0.1) is 12.6 Å². The minimum Gasteiger partial charge on any atom is -0.497 e. The van der Waals surface area contributed by atoms with Crippen molar-refractivity contribution in [2.45, 2.75) is 24.8 Å². The summed E-state index contributed by atoms with van der Waals surface area (Å²) in [4.78, 5) is 11.2. The molecule has 17 heavy (non-hydrogen) atoms. The van der Waals surface area contributed by atoms with E-state index in [9.17, 15) is 4.79 Å². The van der Waals surface area contributed by atoms with Gasteiger partial charge in [0.15, 0.2) is 0 Å². The number of benzene rings is 1. The van der Waals surface area contributed by atoms with E-state index < -0.39 is 0 Å². The van der Waals surface area contributed by atoms with Gasteiger partial charge >= 0.3 is 6.09 Å². The number of nitrogens with one attached hydrogen (secondary N) is 1. The third kappa shape index (κ3) is 1.73. The molecule has 1 aliphatic carbocycles. The van der Waals surface area contributed by atoms with Crippen molar-refractivity contribution in [1.82, 2.24) is 5.32 Å². The summed E-state index contributed by atoms with van der Waals surface area (Å²) in [6, 6.07) is 6.15. The van der Waals surface area contributed by atoms with Crippen molar-refractivity contribution < 1.29 is 14.3 Å². The quantitative estimate of drug-likeness (QED) is 0.802. The van der Waals surface area contributed by atoms with Gasteiger partial charge in [-0.1, -0.05) is 6.07 Å². The summed E-state index contributed by atoms with van der Waals surface area (Å²) in [7, 11) is 1.67. The Morgan fingerprint density at radius 1 is 1.41 bits per heavy atom. The second-order valence-electron chi connectivity index (χ2n) is 4.79. The van der Waals surface area contributed by atoms with Crippen LogP contribution in [0.15, 0.2) is 18.2 Å². The third-order valence-corrected chi connectivity index (χ3v) is 3.66. The monoisotopic (exact) mass is 233 g/mol. The van der Waals surface area contributed by atoms with E-state index >= 15 is 0 Å². The lowest BCUT2D eigenvalue weighted by molar-refractivity contribution is 0.170. The smallest absolute Gasteiger partial charge is 0.407 e. The highest BCUT2D eigenvalue weighted by atomic mass is 16.6. The lowest BCUT2D eigenvalue weighted by Gasteiger charge is -2.32. The Kier molecular flexibility index (Phi) is 2.24. The van der Waals surface area contributed by atoms with Crippen LogP contribution in [0.5, 0.6) is 5.75 Å². The molecule has 1 saturated heterocycles. The Morgan fingerprint density at radius 2 is 2.29 bits per heavy atom. The normalized spacial score (nSPS) is 26.3. The van der Waals surface area contributed by atoms with E-state index in [2.05, 4.69) is 17.4 Å². The standard InChI is InChI=1S/C13H15NO3/c1-16-11-3-2-9-4-5-13(7-10(9)6-11)8-17-12(15)14-13/h2-3,6H,4-5,7-8H2,1H3,(H,14,15). The molecule has 1 aromatic carbocycles. The number of carbonyl (C=O) groups excluding carboxylic acids is 1. The molecule has 0 bridgehead atoms. The zero-order chi connectivity index (χ0) is 11.9. The van der Waals surface area contributed by atoms with Crippen molar-refractivity contribution in [2.24, 2.45) is 0 Å². The molecule has 0 saturated carbocycles. The molecule has 4 nitrogen and oxygen atoms in total. The van der Waals surface area contributed by atoms with Crippen molar-refractivity contribution in [2.75, 3.05) is 13.7 Å². The molecule has 4 heteroatoms. The van der Waals surface area contributed by atoms with Crippen molar-refractivity contribution in [3.63, 3.8) is 0 Å². The van der Waals surface area contributed by atoms with E-state index in [0.717, 1.165) is 25.0 Å². The van der Waals surface area contributed by atoms with Crippen LogP contribution in [0.25, 0.3) is 0 Å². The summed E-state index contributed by atoms with van der Waals surface area (Å²) in [6.45, 7) is 0.475. The van der Waals surface area contributed by atoms with Gasteiger partial charge in [-0.05, 0) is 42.5 Å². The molecule has 1 amide bonds.